The monoisotopic (exact) mass is 230 g/mol. The third kappa shape index (κ3) is 2.81. The maximum absolute atomic E-state index is 9.14. The van der Waals surface area contributed by atoms with Gasteiger partial charge in [0.05, 0.1) is 5.52 Å². The van der Waals surface area contributed by atoms with Crippen LogP contribution in [0.3, 0.4) is 0 Å². The Labute approximate surface area is 101 Å². The fourth-order valence-electron chi connectivity index (χ4n) is 1.96. The molecule has 0 aliphatic rings. The van der Waals surface area contributed by atoms with Crippen molar-refractivity contribution in [1.82, 2.24) is 4.98 Å². The highest BCUT2D eigenvalue weighted by atomic mass is 16.3. The highest BCUT2D eigenvalue weighted by Gasteiger charge is 2.07. The molecule has 90 valence electrons. The van der Waals surface area contributed by atoms with Crippen LogP contribution in [0.25, 0.3) is 10.9 Å². The maximum atomic E-state index is 9.14. The highest BCUT2D eigenvalue weighted by molar-refractivity contribution is 5.79. The quantitative estimate of drug-likeness (QED) is 0.839. The second-order valence-electron chi connectivity index (χ2n) is 4.47. The van der Waals surface area contributed by atoms with Crippen LogP contribution in [0.1, 0.15) is 11.3 Å². The largest absolute Gasteiger partial charge is 0.396 e. The Kier molecular flexibility index (Phi) is 3.71. The first-order valence-electron chi connectivity index (χ1n) is 5.90. The molecule has 0 spiro atoms. The number of pyridine rings is 1. The molecule has 1 aromatic carbocycles. The molecule has 3 heteroatoms. The number of hydrogen-bond acceptors (Lipinski definition) is 3. The van der Waals surface area contributed by atoms with Crippen molar-refractivity contribution < 1.29 is 5.11 Å². The molecule has 2 aromatic rings. The topological polar surface area (TPSA) is 59.1 Å². The number of nitrogens with zero attached hydrogens (tertiary/aromatic N) is 1. The molecule has 0 saturated heterocycles. The van der Waals surface area contributed by atoms with Gasteiger partial charge in [-0.15, -0.1) is 0 Å². The maximum Gasteiger partial charge on any atom is 0.0705 e. The van der Waals surface area contributed by atoms with Crippen molar-refractivity contribution in [3.8, 4) is 0 Å². The summed E-state index contributed by atoms with van der Waals surface area (Å²) in [6.07, 6.45) is 0.816. The van der Waals surface area contributed by atoms with Crippen LogP contribution in [0.15, 0.2) is 30.3 Å². The number of nitrogens with two attached hydrogens (primary N) is 1. The van der Waals surface area contributed by atoms with Crippen LogP contribution in [0.5, 0.6) is 0 Å². The van der Waals surface area contributed by atoms with Crippen LogP contribution in [-0.4, -0.2) is 23.2 Å². The van der Waals surface area contributed by atoms with Gasteiger partial charge in [-0.2, -0.15) is 0 Å². The van der Waals surface area contributed by atoms with Crippen LogP contribution in [0, 0.1) is 12.8 Å². The zero-order valence-electron chi connectivity index (χ0n) is 10.1. The lowest BCUT2D eigenvalue weighted by Crippen LogP contribution is -2.20. The standard InChI is InChI=1S/C14H18N2O/c1-10-2-4-13-7-11(3-5-14(13)16-10)6-12(8-15)9-17/h2-5,7,12,17H,6,8-9,15H2,1H3. The molecule has 2 rings (SSSR count). The summed E-state index contributed by atoms with van der Waals surface area (Å²) in [5, 5.41) is 10.3. The summed E-state index contributed by atoms with van der Waals surface area (Å²) in [5.41, 5.74) is 8.84. The van der Waals surface area contributed by atoms with Crippen molar-refractivity contribution in [3.05, 3.63) is 41.6 Å². The molecule has 0 fully saturated rings. The number of aromatic nitrogens is 1. The van der Waals surface area contributed by atoms with Gasteiger partial charge >= 0.3 is 0 Å². The van der Waals surface area contributed by atoms with E-state index < -0.39 is 0 Å². The molecule has 17 heavy (non-hydrogen) atoms. The molecular formula is C14H18N2O. The number of fused-ring (bicyclic) bond motifs is 1. The number of rotatable bonds is 4. The minimum Gasteiger partial charge on any atom is -0.396 e. The van der Waals surface area contributed by atoms with Crippen molar-refractivity contribution in [3.63, 3.8) is 0 Å². The Morgan fingerprint density at radius 1 is 1.29 bits per heavy atom. The minimum absolute atomic E-state index is 0.140. The first-order chi connectivity index (χ1) is 8.22. The number of aliphatic hydroxyl groups is 1. The molecule has 1 heterocycles. The van der Waals surface area contributed by atoms with Gasteiger partial charge in [-0.3, -0.25) is 4.98 Å². The average Bonchev–Trinajstić information content (AvgIpc) is 2.36. The molecule has 1 aromatic heterocycles. The molecule has 0 saturated carbocycles. The van der Waals surface area contributed by atoms with E-state index in [0.717, 1.165) is 23.0 Å². The van der Waals surface area contributed by atoms with Gasteiger partial charge in [0.1, 0.15) is 0 Å². The molecule has 1 unspecified atom stereocenters. The fourth-order valence-corrected chi connectivity index (χ4v) is 1.96. The molecule has 0 bridgehead atoms. The zero-order valence-corrected chi connectivity index (χ0v) is 10.1. The Bertz CT molecular complexity index is 507. The summed E-state index contributed by atoms with van der Waals surface area (Å²) in [6.45, 7) is 2.64. The zero-order chi connectivity index (χ0) is 12.3. The smallest absolute Gasteiger partial charge is 0.0705 e. The van der Waals surface area contributed by atoms with E-state index in [1.165, 1.54) is 5.56 Å². The Hall–Kier alpha value is -1.45. The molecule has 0 radical (unpaired) electrons. The number of hydrogen-bond donors (Lipinski definition) is 2. The van der Waals surface area contributed by atoms with Gasteiger partial charge in [0.2, 0.25) is 0 Å². The summed E-state index contributed by atoms with van der Waals surface area (Å²) < 4.78 is 0. The molecule has 1 atom stereocenters. The number of aryl methyl sites for hydroxylation is 1. The van der Waals surface area contributed by atoms with E-state index >= 15 is 0 Å². The Morgan fingerprint density at radius 3 is 2.82 bits per heavy atom. The van der Waals surface area contributed by atoms with Gasteiger partial charge in [-0.25, -0.2) is 0 Å². The summed E-state index contributed by atoms with van der Waals surface area (Å²) in [4.78, 5) is 4.46. The third-order valence-electron chi connectivity index (χ3n) is 3.01. The predicted molar refractivity (Wildman–Crippen MR) is 69.8 cm³/mol. The average molecular weight is 230 g/mol. The van der Waals surface area contributed by atoms with Crippen LogP contribution >= 0.6 is 0 Å². The molecule has 3 nitrogen and oxygen atoms in total. The molecule has 0 aliphatic heterocycles. The van der Waals surface area contributed by atoms with E-state index in [-0.39, 0.29) is 12.5 Å². The number of benzene rings is 1. The first kappa shape index (κ1) is 12.0. The van der Waals surface area contributed by atoms with Crippen molar-refractivity contribution in [2.24, 2.45) is 11.7 Å². The lowest BCUT2D eigenvalue weighted by Gasteiger charge is -2.11. The Balaban J connectivity index is 2.28. The molecular weight excluding hydrogens is 212 g/mol. The highest BCUT2D eigenvalue weighted by Crippen LogP contribution is 2.17. The van der Waals surface area contributed by atoms with Gasteiger partial charge in [-0.05, 0) is 49.6 Å². The van der Waals surface area contributed by atoms with E-state index in [2.05, 4.69) is 23.2 Å². The van der Waals surface area contributed by atoms with Crippen LogP contribution < -0.4 is 5.73 Å². The SMILES string of the molecule is Cc1ccc2cc(CC(CN)CO)ccc2n1. The summed E-state index contributed by atoms with van der Waals surface area (Å²) >= 11 is 0. The summed E-state index contributed by atoms with van der Waals surface area (Å²) in [7, 11) is 0. The van der Waals surface area contributed by atoms with Gasteiger partial charge < -0.3 is 10.8 Å². The summed E-state index contributed by atoms with van der Waals surface area (Å²) in [5.74, 6) is 0.144. The molecule has 0 amide bonds. The third-order valence-corrected chi connectivity index (χ3v) is 3.01. The first-order valence-corrected chi connectivity index (χ1v) is 5.90. The predicted octanol–water partition coefficient (Wildman–Crippen LogP) is 1.65. The van der Waals surface area contributed by atoms with Crippen molar-refractivity contribution in [2.45, 2.75) is 13.3 Å². The second-order valence-corrected chi connectivity index (χ2v) is 4.47. The van der Waals surface area contributed by atoms with E-state index in [4.69, 9.17) is 10.8 Å². The fraction of sp³-hybridized carbons (Fsp3) is 0.357. The summed E-state index contributed by atoms with van der Waals surface area (Å²) in [6, 6.07) is 10.3. The van der Waals surface area contributed by atoms with Gasteiger partial charge in [0.25, 0.3) is 0 Å². The molecule has 3 N–H and O–H groups in total. The van der Waals surface area contributed by atoms with E-state index in [1.54, 1.807) is 0 Å². The van der Waals surface area contributed by atoms with Gasteiger partial charge in [-0.1, -0.05) is 12.1 Å². The number of aliphatic hydroxyl groups excluding tert-OH is 1. The van der Waals surface area contributed by atoms with Crippen LogP contribution in [0.2, 0.25) is 0 Å². The van der Waals surface area contributed by atoms with Gasteiger partial charge in [0, 0.05) is 17.7 Å². The second kappa shape index (κ2) is 5.25. The normalized spacial score (nSPS) is 12.9. The minimum atomic E-state index is 0.140. The lowest BCUT2D eigenvalue weighted by molar-refractivity contribution is 0.230. The van der Waals surface area contributed by atoms with E-state index in [9.17, 15) is 0 Å². The van der Waals surface area contributed by atoms with Gasteiger partial charge in [0.15, 0.2) is 0 Å². The van der Waals surface area contributed by atoms with Crippen LogP contribution in [0.4, 0.5) is 0 Å². The van der Waals surface area contributed by atoms with E-state index in [1.807, 2.05) is 19.1 Å². The van der Waals surface area contributed by atoms with Crippen molar-refractivity contribution >= 4 is 10.9 Å². The molecule has 0 aliphatic carbocycles. The Morgan fingerprint density at radius 2 is 2.12 bits per heavy atom. The van der Waals surface area contributed by atoms with Crippen LogP contribution in [-0.2, 0) is 6.42 Å². The van der Waals surface area contributed by atoms with Crippen molar-refractivity contribution in [2.75, 3.05) is 13.2 Å². The van der Waals surface area contributed by atoms with E-state index in [0.29, 0.717) is 6.54 Å². The van der Waals surface area contributed by atoms with Crippen molar-refractivity contribution in [1.29, 1.82) is 0 Å². The lowest BCUT2D eigenvalue weighted by atomic mass is 9.99.